The van der Waals surface area contributed by atoms with Gasteiger partial charge in [-0.3, -0.25) is 9.59 Å². The summed E-state index contributed by atoms with van der Waals surface area (Å²) in [5, 5.41) is 17.9. The Morgan fingerprint density at radius 2 is 1.69 bits per heavy atom. The van der Waals surface area contributed by atoms with Gasteiger partial charge in [0.25, 0.3) is 10.9 Å². The van der Waals surface area contributed by atoms with E-state index in [2.05, 4.69) is 36.6 Å². The van der Waals surface area contributed by atoms with E-state index in [0.29, 0.717) is 0 Å². The van der Waals surface area contributed by atoms with Crippen molar-refractivity contribution in [3.63, 3.8) is 0 Å². The average Bonchev–Trinajstić information content (AvgIpc) is 2.85. The van der Waals surface area contributed by atoms with Crippen molar-refractivity contribution in [3.8, 4) is 5.75 Å². The number of nitrogens with zero attached hydrogens (tertiary/aromatic N) is 1. The molecule has 0 fully saturated rings. The molecule has 0 saturated carbocycles. The molecule has 0 aliphatic rings. The van der Waals surface area contributed by atoms with Crippen LogP contribution in [-0.4, -0.2) is 28.2 Å². The Bertz CT molecular complexity index is 1470. The summed E-state index contributed by atoms with van der Waals surface area (Å²) in [6, 6.07) is 16.4. The van der Waals surface area contributed by atoms with Gasteiger partial charge in [-0.05, 0) is 48.9 Å². The molecule has 4 aromatic rings. The molecule has 4 rings (SSSR count). The Morgan fingerprint density at radius 3 is 2.33 bits per heavy atom. The number of nitrogens with one attached hydrogen (secondary N) is 2. The van der Waals surface area contributed by atoms with E-state index in [0.717, 1.165) is 33.5 Å². The van der Waals surface area contributed by atoms with Gasteiger partial charge in [0.05, 0.1) is 6.10 Å². The second-order valence-electron chi connectivity index (χ2n) is 9.36. The quantitative estimate of drug-likeness (QED) is 0.278. The highest BCUT2D eigenvalue weighted by Gasteiger charge is 2.28. The number of carboxylic acid groups (broad SMARTS) is 1. The van der Waals surface area contributed by atoms with Crippen molar-refractivity contribution >= 4 is 33.9 Å². The van der Waals surface area contributed by atoms with E-state index in [1.165, 1.54) is 0 Å². The fourth-order valence-corrected chi connectivity index (χ4v) is 3.93. The predicted octanol–water partition coefficient (Wildman–Crippen LogP) is 4.59. The van der Waals surface area contributed by atoms with Gasteiger partial charge < -0.3 is 20.5 Å². The SMILES string of the molecule is CC(C)Oc1c(NC(Cc2ccc(Nc3nc(C(C)C)cc4ccccc34)cc2)C(=O)O)c(=O)c1=O. The number of rotatable bonds is 10. The summed E-state index contributed by atoms with van der Waals surface area (Å²) in [5.74, 6) is -0.212. The third-order valence-corrected chi connectivity index (χ3v) is 5.85. The van der Waals surface area contributed by atoms with Crippen molar-refractivity contribution in [2.45, 2.75) is 52.2 Å². The molecule has 1 aromatic heterocycles. The number of hydrogen-bond donors (Lipinski definition) is 3. The molecule has 3 aromatic carbocycles. The number of carboxylic acids is 1. The first-order valence-electron chi connectivity index (χ1n) is 11.9. The van der Waals surface area contributed by atoms with Gasteiger partial charge in [-0.25, -0.2) is 9.78 Å². The minimum atomic E-state index is -1.14. The van der Waals surface area contributed by atoms with Crippen molar-refractivity contribution in [2.75, 3.05) is 10.6 Å². The van der Waals surface area contributed by atoms with E-state index >= 15 is 0 Å². The summed E-state index contributed by atoms with van der Waals surface area (Å²) >= 11 is 0. The number of pyridine rings is 1. The van der Waals surface area contributed by atoms with E-state index in [4.69, 9.17) is 9.72 Å². The van der Waals surface area contributed by atoms with Gasteiger partial charge in [0.1, 0.15) is 17.5 Å². The zero-order valence-electron chi connectivity index (χ0n) is 20.7. The second kappa shape index (κ2) is 10.2. The monoisotopic (exact) mass is 487 g/mol. The molecule has 0 bridgehead atoms. The van der Waals surface area contributed by atoms with Gasteiger partial charge >= 0.3 is 5.97 Å². The summed E-state index contributed by atoms with van der Waals surface area (Å²) in [4.78, 5) is 40.5. The third kappa shape index (κ3) is 5.22. The number of ether oxygens (including phenoxy) is 1. The highest BCUT2D eigenvalue weighted by atomic mass is 16.5. The van der Waals surface area contributed by atoms with Crippen molar-refractivity contribution in [1.82, 2.24) is 4.98 Å². The summed E-state index contributed by atoms with van der Waals surface area (Å²) < 4.78 is 5.38. The Balaban J connectivity index is 1.52. The van der Waals surface area contributed by atoms with Crippen LogP contribution in [0.4, 0.5) is 17.2 Å². The fourth-order valence-electron chi connectivity index (χ4n) is 3.93. The highest BCUT2D eigenvalue weighted by Crippen LogP contribution is 2.28. The maximum atomic E-state index is 12.0. The van der Waals surface area contributed by atoms with Gasteiger partial charge in [-0.15, -0.1) is 0 Å². The number of benzene rings is 2. The zero-order valence-corrected chi connectivity index (χ0v) is 20.7. The molecule has 36 heavy (non-hydrogen) atoms. The number of fused-ring (bicyclic) bond motifs is 1. The fraction of sp³-hybridized carbons (Fsp3) is 0.286. The van der Waals surface area contributed by atoms with Crippen molar-refractivity contribution < 1.29 is 14.6 Å². The smallest absolute Gasteiger partial charge is 0.326 e. The topological polar surface area (TPSA) is 118 Å². The minimum Gasteiger partial charge on any atom is -0.485 e. The van der Waals surface area contributed by atoms with E-state index in [-0.39, 0.29) is 29.9 Å². The molecule has 1 atom stereocenters. The molecule has 0 aliphatic carbocycles. The van der Waals surface area contributed by atoms with Gasteiger partial charge in [0.2, 0.25) is 0 Å². The van der Waals surface area contributed by atoms with Crippen LogP contribution in [0.15, 0.2) is 64.2 Å². The van der Waals surface area contributed by atoms with Crippen molar-refractivity contribution in [2.24, 2.45) is 0 Å². The molecule has 0 amide bonds. The second-order valence-corrected chi connectivity index (χ2v) is 9.36. The Morgan fingerprint density at radius 1 is 1.00 bits per heavy atom. The molecule has 0 spiro atoms. The molecule has 3 N–H and O–H groups in total. The Kier molecular flexibility index (Phi) is 7.05. The first-order chi connectivity index (χ1) is 17.1. The zero-order chi connectivity index (χ0) is 26.0. The molecule has 1 heterocycles. The highest BCUT2D eigenvalue weighted by molar-refractivity contribution is 5.93. The third-order valence-electron chi connectivity index (χ3n) is 5.85. The van der Waals surface area contributed by atoms with E-state index in [1.54, 1.807) is 13.8 Å². The molecule has 8 heteroatoms. The van der Waals surface area contributed by atoms with E-state index in [9.17, 15) is 19.5 Å². The van der Waals surface area contributed by atoms with Gasteiger partial charge in [0.15, 0.2) is 5.75 Å². The Hall–Kier alpha value is -4.20. The lowest BCUT2D eigenvalue weighted by Gasteiger charge is -2.20. The first-order valence-corrected chi connectivity index (χ1v) is 11.9. The van der Waals surface area contributed by atoms with E-state index in [1.807, 2.05) is 42.5 Å². The molecule has 0 saturated heterocycles. The average molecular weight is 488 g/mol. The lowest BCUT2D eigenvalue weighted by molar-refractivity contribution is -0.137. The van der Waals surface area contributed by atoms with Crippen molar-refractivity contribution in [3.05, 3.63) is 86.3 Å². The maximum Gasteiger partial charge on any atom is 0.326 e. The van der Waals surface area contributed by atoms with Crippen LogP contribution in [0.2, 0.25) is 0 Å². The molecule has 8 nitrogen and oxygen atoms in total. The van der Waals surface area contributed by atoms with Gasteiger partial charge in [-0.1, -0.05) is 50.2 Å². The van der Waals surface area contributed by atoms with E-state index < -0.39 is 22.9 Å². The number of aliphatic carboxylic acids is 1. The lowest BCUT2D eigenvalue weighted by Crippen LogP contribution is -2.42. The number of anilines is 3. The molecular formula is C28H29N3O5. The van der Waals surface area contributed by atoms with Crippen LogP contribution in [0.5, 0.6) is 5.75 Å². The number of aromatic nitrogens is 1. The maximum absolute atomic E-state index is 12.0. The minimum absolute atomic E-state index is 0.0811. The summed E-state index contributed by atoms with van der Waals surface area (Å²) in [5.41, 5.74) is 0.962. The summed E-state index contributed by atoms with van der Waals surface area (Å²) in [7, 11) is 0. The molecule has 1 unspecified atom stereocenters. The standard InChI is InChI=1S/C28H29N3O5/c1-15(2)21-14-18-7-5-6-8-20(18)27(31-21)29-19-11-9-17(10-12-19)13-22(28(34)35)30-23-24(32)25(33)26(23)36-16(3)4/h5-12,14-16,22,30H,13H2,1-4H3,(H,29,31)(H,34,35). The lowest BCUT2D eigenvalue weighted by atomic mass is 10.0. The summed E-state index contributed by atoms with van der Waals surface area (Å²) in [6.45, 7) is 7.65. The van der Waals surface area contributed by atoms with Crippen LogP contribution in [-0.2, 0) is 11.2 Å². The molecule has 0 aliphatic heterocycles. The van der Waals surface area contributed by atoms with Crippen LogP contribution in [0.1, 0.15) is 44.9 Å². The predicted molar refractivity (Wildman–Crippen MR) is 141 cm³/mol. The number of hydrogen-bond acceptors (Lipinski definition) is 7. The molecular weight excluding hydrogens is 458 g/mol. The van der Waals surface area contributed by atoms with Gasteiger partial charge in [-0.2, -0.15) is 0 Å². The van der Waals surface area contributed by atoms with Crippen LogP contribution < -0.4 is 26.2 Å². The molecule has 186 valence electrons. The van der Waals surface area contributed by atoms with Crippen LogP contribution in [0.25, 0.3) is 10.8 Å². The normalized spacial score (nSPS) is 12.3. The first kappa shape index (κ1) is 24.9. The van der Waals surface area contributed by atoms with Crippen LogP contribution in [0.3, 0.4) is 0 Å². The van der Waals surface area contributed by atoms with Crippen LogP contribution in [0, 0.1) is 0 Å². The van der Waals surface area contributed by atoms with Gasteiger partial charge in [0, 0.05) is 23.2 Å². The summed E-state index contributed by atoms with van der Waals surface area (Å²) in [6.07, 6.45) is -0.204. The molecule has 0 radical (unpaired) electrons. The largest absolute Gasteiger partial charge is 0.485 e. The number of carbonyl (C=O) groups is 1. The Labute approximate surface area is 208 Å². The van der Waals surface area contributed by atoms with Crippen molar-refractivity contribution in [1.29, 1.82) is 0 Å². The van der Waals surface area contributed by atoms with Crippen LogP contribution >= 0.6 is 0 Å².